The van der Waals surface area contributed by atoms with Crippen molar-refractivity contribution in [3.05, 3.63) is 35.9 Å². The van der Waals surface area contributed by atoms with Gasteiger partial charge in [0.05, 0.1) is 42.2 Å². The molecule has 2 aliphatic heterocycles. The normalized spacial score (nSPS) is 26.1. The first-order valence-corrected chi connectivity index (χ1v) is 31.4. The van der Waals surface area contributed by atoms with Gasteiger partial charge in [-0.15, -0.1) is 0 Å². The number of ether oxygens (including phenoxy) is 12. The van der Waals surface area contributed by atoms with E-state index in [1.807, 2.05) is 0 Å². The van der Waals surface area contributed by atoms with Gasteiger partial charge in [0.2, 0.25) is 0 Å². The molecular weight excluding hydrogens is 1210 g/mol. The minimum Gasteiger partial charge on any atom is -0.455 e. The number of amides is 6. The van der Waals surface area contributed by atoms with Crippen LogP contribution in [0.25, 0.3) is 0 Å². The molecule has 1 aromatic carbocycles. The molecule has 0 spiro atoms. The molecule has 4 rings (SSSR count). The van der Waals surface area contributed by atoms with Crippen LogP contribution >= 0.6 is 0 Å². The zero-order valence-electron chi connectivity index (χ0n) is 54.9. The van der Waals surface area contributed by atoms with Crippen molar-refractivity contribution in [2.24, 2.45) is 0 Å². The SMILES string of the molecule is CC(=O)OC1[C@@H](O[C@@H]2C(OS(C)(=O)=O)C(O[C@H]3OC(CNC(=O)OC(C)(C)C)CCC3NC(=O)OC(C)(C)C)[C@H](NC(=O)OC(C)(C)C)C[C@H]2NC(=O)[C@H](CCNC(=O)OC(C)(C)C)OC(C)=O)OC(C)[C@@H](OC(=O)c2ccccc2)[C@@H]1NC(=O)OC(C)(C)C. The number of hydrogen-bond donors (Lipinski definition) is 6. The molecule has 510 valence electrons. The number of rotatable bonds is 20. The summed E-state index contributed by atoms with van der Waals surface area (Å²) in [5.74, 6) is -3.92. The standard InChI is InChI=1S/C59H94N6O24S/c1-31-41(81-47(69)34-23-21-20-22-24-34)40(65-54(74)88-59(16,17)18)44(79-33(3)67)49(77-31)83-42-37(62-46(68)39(78-32(2)66)27-28-60-50(70)84-55(4,5)6)29-38(64-53(73)87-58(13,14)15)43(45(42)89-90(19,75)76)82-48-36(63-52(72)86-57(10,11)12)26-25-35(80-48)30-61-51(71)85-56(7,8)9/h20-24,31,35-45,48-49H,25-30H2,1-19H3,(H,60,70)(H,61,71)(H,62,68)(H,63,72)(H,64,73)(H,65,74)/t31?,35?,36?,37-,38-,39+,40+,41-,42+,43?,44?,45?,48-,49-/m1/s1. The fraction of sp³-hybridized carbons (Fsp3) is 0.746. The lowest BCUT2D eigenvalue weighted by Crippen LogP contribution is -2.71. The van der Waals surface area contributed by atoms with Crippen molar-refractivity contribution in [2.75, 3.05) is 19.3 Å². The molecule has 2 saturated heterocycles. The number of esters is 3. The first kappa shape index (κ1) is 75.7. The summed E-state index contributed by atoms with van der Waals surface area (Å²) in [6, 6.07) is 1.75. The number of carbonyl (C=O) groups excluding carboxylic acids is 9. The molecule has 1 aromatic rings. The van der Waals surface area contributed by atoms with Crippen LogP contribution in [-0.2, 0) is 85.5 Å². The van der Waals surface area contributed by atoms with Gasteiger partial charge in [0.1, 0.15) is 52.4 Å². The number of benzene rings is 1. The van der Waals surface area contributed by atoms with Crippen molar-refractivity contribution in [3.63, 3.8) is 0 Å². The van der Waals surface area contributed by atoms with Crippen LogP contribution in [0.1, 0.15) is 161 Å². The largest absolute Gasteiger partial charge is 0.455 e. The maximum atomic E-state index is 14.9. The number of nitrogens with one attached hydrogen (secondary N) is 6. The van der Waals surface area contributed by atoms with Gasteiger partial charge >= 0.3 is 48.4 Å². The third-order valence-electron chi connectivity index (χ3n) is 12.6. The van der Waals surface area contributed by atoms with Gasteiger partial charge in [0.25, 0.3) is 16.0 Å². The first-order valence-electron chi connectivity index (χ1n) is 29.6. The Bertz CT molecular complexity index is 2760. The highest BCUT2D eigenvalue weighted by molar-refractivity contribution is 7.86. The Morgan fingerprint density at radius 2 is 1.02 bits per heavy atom. The Labute approximate surface area is 526 Å². The van der Waals surface area contributed by atoms with E-state index in [9.17, 15) is 51.6 Å². The molecule has 30 nitrogen and oxygen atoms in total. The van der Waals surface area contributed by atoms with E-state index in [0.29, 0.717) is 6.26 Å². The van der Waals surface area contributed by atoms with E-state index in [4.69, 9.17) is 61.0 Å². The quantitative estimate of drug-likeness (QED) is 0.0537. The molecule has 6 unspecified atom stereocenters. The summed E-state index contributed by atoms with van der Waals surface area (Å²) < 4.78 is 106. The van der Waals surface area contributed by atoms with E-state index in [1.165, 1.54) is 19.1 Å². The summed E-state index contributed by atoms with van der Waals surface area (Å²) in [5.41, 5.74) is -5.04. The van der Waals surface area contributed by atoms with Gasteiger partial charge < -0.3 is 88.7 Å². The average Bonchev–Trinajstić information content (AvgIpc) is 0.831. The lowest BCUT2D eigenvalue weighted by molar-refractivity contribution is -0.310. The molecule has 3 fully saturated rings. The lowest BCUT2D eigenvalue weighted by atomic mass is 9.83. The molecule has 0 radical (unpaired) electrons. The van der Waals surface area contributed by atoms with Crippen LogP contribution in [0.15, 0.2) is 30.3 Å². The zero-order valence-corrected chi connectivity index (χ0v) is 55.7. The van der Waals surface area contributed by atoms with E-state index in [0.717, 1.165) is 13.8 Å². The van der Waals surface area contributed by atoms with Gasteiger partial charge in [-0.2, -0.15) is 8.42 Å². The zero-order chi connectivity index (χ0) is 68.1. The van der Waals surface area contributed by atoms with E-state index < -0.39 is 184 Å². The van der Waals surface area contributed by atoms with Crippen molar-refractivity contribution < 1.29 is 113 Å². The second-order valence-corrected chi connectivity index (χ2v) is 28.5. The van der Waals surface area contributed by atoms with Crippen molar-refractivity contribution in [3.8, 4) is 0 Å². The van der Waals surface area contributed by atoms with Crippen molar-refractivity contribution in [2.45, 2.75) is 264 Å². The Balaban J connectivity index is 2.03. The molecule has 90 heavy (non-hydrogen) atoms. The second-order valence-electron chi connectivity index (χ2n) is 26.9. The van der Waals surface area contributed by atoms with Gasteiger partial charge in [0, 0.05) is 33.4 Å². The molecule has 6 N–H and O–H groups in total. The molecule has 3 aliphatic rings. The number of carbonyl (C=O) groups is 9. The van der Waals surface area contributed by atoms with Gasteiger partial charge in [-0.05, 0) is 142 Å². The molecule has 1 saturated carbocycles. The molecule has 0 aromatic heterocycles. The summed E-state index contributed by atoms with van der Waals surface area (Å²) in [6.07, 6.45) is -21.8. The molecule has 6 amide bonds. The van der Waals surface area contributed by atoms with Gasteiger partial charge in [-0.1, -0.05) is 18.2 Å². The highest BCUT2D eigenvalue weighted by Crippen LogP contribution is 2.37. The van der Waals surface area contributed by atoms with Gasteiger partial charge in [-0.3, -0.25) is 18.6 Å². The third kappa shape index (κ3) is 27.0. The Morgan fingerprint density at radius 1 is 0.544 bits per heavy atom. The molecule has 2 heterocycles. The topological polar surface area (TPSA) is 380 Å². The smallest absolute Gasteiger partial charge is 0.408 e. The van der Waals surface area contributed by atoms with Crippen LogP contribution in [0.5, 0.6) is 0 Å². The van der Waals surface area contributed by atoms with Crippen LogP contribution in [0.4, 0.5) is 24.0 Å². The van der Waals surface area contributed by atoms with Gasteiger partial charge in [0.15, 0.2) is 30.9 Å². The van der Waals surface area contributed by atoms with E-state index >= 15 is 0 Å². The van der Waals surface area contributed by atoms with Crippen molar-refractivity contribution in [1.29, 1.82) is 0 Å². The predicted molar refractivity (Wildman–Crippen MR) is 318 cm³/mol. The number of hydrogen-bond acceptors (Lipinski definition) is 24. The van der Waals surface area contributed by atoms with E-state index in [2.05, 4.69) is 31.9 Å². The molecule has 31 heteroatoms. The maximum absolute atomic E-state index is 14.9. The lowest BCUT2D eigenvalue weighted by Gasteiger charge is -2.50. The summed E-state index contributed by atoms with van der Waals surface area (Å²) in [7, 11) is -4.79. The Morgan fingerprint density at radius 3 is 1.52 bits per heavy atom. The van der Waals surface area contributed by atoms with Crippen LogP contribution in [0.3, 0.4) is 0 Å². The summed E-state index contributed by atoms with van der Waals surface area (Å²) in [5, 5.41) is 16.0. The minimum absolute atomic E-state index is 0.0535. The fourth-order valence-corrected chi connectivity index (χ4v) is 10.1. The number of alkyl carbamates (subject to hydrolysis) is 5. The Hall–Kier alpha value is -6.80. The summed E-state index contributed by atoms with van der Waals surface area (Å²) in [4.78, 5) is 122. The van der Waals surface area contributed by atoms with Crippen molar-refractivity contribution >= 4 is 64.4 Å². The first-order chi connectivity index (χ1) is 41.2. The highest BCUT2D eigenvalue weighted by atomic mass is 32.2. The monoisotopic (exact) mass is 1300 g/mol. The summed E-state index contributed by atoms with van der Waals surface area (Å²) in [6.45, 7) is 27.1. The molecule has 0 bridgehead atoms. The average molecular weight is 1300 g/mol. The van der Waals surface area contributed by atoms with E-state index in [1.54, 1.807) is 122 Å². The third-order valence-corrected chi connectivity index (χ3v) is 13.1. The highest BCUT2D eigenvalue weighted by Gasteiger charge is 2.57. The predicted octanol–water partition coefficient (Wildman–Crippen LogP) is 5.45. The summed E-state index contributed by atoms with van der Waals surface area (Å²) >= 11 is 0. The molecular formula is C59H94N6O24S. The molecule has 14 atom stereocenters. The van der Waals surface area contributed by atoms with Crippen LogP contribution in [0, 0.1) is 0 Å². The minimum atomic E-state index is -4.79. The van der Waals surface area contributed by atoms with Crippen LogP contribution < -0.4 is 31.9 Å². The Kier molecular flexibility index (Phi) is 26.5. The van der Waals surface area contributed by atoms with Crippen LogP contribution in [-0.4, -0.2) is 196 Å². The van der Waals surface area contributed by atoms with Gasteiger partial charge in [-0.25, -0.2) is 28.8 Å². The van der Waals surface area contributed by atoms with Crippen molar-refractivity contribution in [1.82, 2.24) is 31.9 Å². The second kappa shape index (κ2) is 31.5. The fourth-order valence-electron chi connectivity index (χ4n) is 9.46. The molecule has 1 aliphatic carbocycles. The van der Waals surface area contributed by atoms with E-state index in [-0.39, 0.29) is 37.9 Å². The van der Waals surface area contributed by atoms with Crippen LogP contribution in [0.2, 0.25) is 0 Å². The maximum Gasteiger partial charge on any atom is 0.408 e.